The molecule has 3 heteroatoms. The van der Waals surface area contributed by atoms with E-state index in [0.717, 1.165) is 32.1 Å². The van der Waals surface area contributed by atoms with Crippen molar-refractivity contribution >= 4 is 5.78 Å². The smallest absolute Gasteiger partial charge is 0.216 e. The van der Waals surface area contributed by atoms with E-state index in [9.17, 15) is 4.79 Å². The Morgan fingerprint density at radius 3 is 2.69 bits per heavy atom. The van der Waals surface area contributed by atoms with Crippen molar-refractivity contribution < 1.29 is 9.53 Å². The van der Waals surface area contributed by atoms with E-state index < -0.39 is 5.54 Å². The molecule has 1 aliphatic heterocycles. The van der Waals surface area contributed by atoms with Gasteiger partial charge in [0.15, 0.2) is 5.76 Å². The minimum Gasteiger partial charge on any atom is -0.490 e. The summed E-state index contributed by atoms with van der Waals surface area (Å²) < 4.78 is 5.29. The van der Waals surface area contributed by atoms with Crippen LogP contribution in [0.1, 0.15) is 32.1 Å². The first-order chi connectivity index (χ1) is 6.22. The van der Waals surface area contributed by atoms with Gasteiger partial charge in [0.2, 0.25) is 5.78 Å². The summed E-state index contributed by atoms with van der Waals surface area (Å²) in [6, 6.07) is 0. The summed E-state index contributed by atoms with van der Waals surface area (Å²) in [6.45, 7) is 0.660. The summed E-state index contributed by atoms with van der Waals surface area (Å²) in [7, 11) is 0. The zero-order valence-electron chi connectivity index (χ0n) is 7.71. The maximum absolute atomic E-state index is 11.8. The second kappa shape index (κ2) is 3.14. The average molecular weight is 181 g/mol. The Labute approximate surface area is 77.9 Å². The van der Waals surface area contributed by atoms with Crippen molar-refractivity contribution in [3.63, 3.8) is 0 Å². The van der Waals surface area contributed by atoms with Crippen LogP contribution in [0.4, 0.5) is 0 Å². The summed E-state index contributed by atoms with van der Waals surface area (Å²) in [4.78, 5) is 11.8. The molecule has 0 bridgehead atoms. The predicted octanol–water partition coefficient (Wildman–Crippen LogP) is 1.13. The van der Waals surface area contributed by atoms with Crippen molar-refractivity contribution in [2.75, 3.05) is 6.61 Å². The summed E-state index contributed by atoms with van der Waals surface area (Å²) in [5.74, 6) is 0.520. The maximum Gasteiger partial charge on any atom is 0.216 e. The van der Waals surface area contributed by atoms with Gasteiger partial charge in [-0.3, -0.25) is 4.79 Å². The number of allylic oxidation sites excluding steroid dienone is 1. The zero-order valence-corrected chi connectivity index (χ0v) is 7.71. The van der Waals surface area contributed by atoms with Crippen LogP contribution in [-0.2, 0) is 9.53 Å². The van der Waals surface area contributed by atoms with Gasteiger partial charge in [0.1, 0.15) is 0 Å². The largest absolute Gasteiger partial charge is 0.490 e. The molecule has 0 aromatic carbocycles. The number of nitrogens with two attached hydrogens (primary N) is 1. The third-order valence-electron chi connectivity index (χ3n) is 2.86. The number of ketones is 1. The fourth-order valence-corrected chi connectivity index (χ4v) is 1.75. The molecular weight excluding hydrogens is 166 g/mol. The van der Waals surface area contributed by atoms with Crippen molar-refractivity contribution in [2.24, 2.45) is 5.73 Å². The summed E-state index contributed by atoms with van der Waals surface area (Å²) in [5, 5.41) is 0. The van der Waals surface area contributed by atoms with Crippen LogP contribution in [-0.4, -0.2) is 17.9 Å². The molecular formula is C10H15NO2. The number of hydrogen-bond donors (Lipinski definition) is 1. The highest BCUT2D eigenvalue weighted by Crippen LogP contribution is 2.33. The van der Waals surface area contributed by atoms with Gasteiger partial charge in [-0.25, -0.2) is 0 Å². The number of ether oxygens (including phenoxy) is 1. The van der Waals surface area contributed by atoms with Crippen LogP contribution in [0.2, 0.25) is 0 Å². The molecule has 2 rings (SSSR count). The van der Waals surface area contributed by atoms with Crippen molar-refractivity contribution in [1.29, 1.82) is 0 Å². The van der Waals surface area contributed by atoms with Crippen LogP contribution in [0.15, 0.2) is 11.8 Å². The molecule has 2 N–H and O–H groups in total. The van der Waals surface area contributed by atoms with E-state index in [0.29, 0.717) is 12.4 Å². The summed E-state index contributed by atoms with van der Waals surface area (Å²) >= 11 is 0. The number of carbonyl (C=O) groups excluding carboxylic acids is 1. The van der Waals surface area contributed by atoms with E-state index in [4.69, 9.17) is 10.5 Å². The molecule has 1 heterocycles. The second-order valence-electron chi connectivity index (χ2n) is 3.90. The van der Waals surface area contributed by atoms with Crippen LogP contribution in [0, 0.1) is 0 Å². The molecule has 0 amide bonds. The van der Waals surface area contributed by atoms with Crippen molar-refractivity contribution in [3.05, 3.63) is 11.8 Å². The Balaban J connectivity index is 2.07. The minimum absolute atomic E-state index is 0.0125. The maximum atomic E-state index is 11.8. The Kier molecular flexibility index (Phi) is 2.12. The van der Waals surface area contributed by atoms with Crippen LogP contribution >= 0.6 is 0 Å². The lowest BCUT2D eigenvalue weighted by molar-refractivity contribution is -0.127. The molecule has 0 atom stereocenters. The first-order valence-corrected chi connectivity index (χ1v) is 4.89. The first kappa shape index (κ1) is 8.75. The molecule has 0 aromatic heterocycles. The normalized spacial score (nSPS) is 25.5. The molecule has 0 saturated heterocycles. The summed E-state index contributed by atoms with van der Waals surface area (Å²) in [5.41, 5.74) is 5.31. The molecule has 13 heavy (non-hydrogen) atoms. The molecule has 1 saturated carbocycles. The molecule has 0 aromatic rings. The van der Waals surface area contributed by atoms with Gasteiger partial charge in [-0.15, -0.1) is 0 Å². The zero-order chi connectivity index (χ0) is 9.31. The number of Topliss-reactive ketones (excluding diaryl/α,β-unsaturated/α-hetero) is 1. The minimum atomic E-state index is -0.594. The highest BCUT2D eigenvalue weighted by Gasteiger charge is 2.42. The van der Waals surface area contributed by atoms with Gasteiger partial charge in [-0.1, -0.05) is 0 Å². The van der Waals surface area contributed by atoms with Gasteiger partial charge in [0.25, 0.3) is 0 Å². The average Bonchev–Trinajstić information content (AvgIpc) is 2.14. The Bertz CT molecular complexity index is 254. The lowest BCUT2D eigenvalue weighted by atomic mass is 9.74. The Morgan fingerprint density at radius 1 is 1.46 bits per heavy atom. The van der Waals surface area contributed by atoms with E-state index in [-0.39, 0.29) is 5.78 Å². The lowest BCUT2D eigenvalue weighted by Crippen LogP contribution is -2.54. The van der Waals surface area contributed by atoms with Crippen LogP contribution < -0.4 is 5.73 Å². The number of rotatable bonds is 2. The van der Waals surface area contributed by atoms with E-state index in [2.05, 4.69) is 0 Å². The lowest BCUT2D eigenvalue weighted by Gasteiger charge is -2.37. The molecule has 2 aliphatic rings. The van der Waals surface area contributed by atoms with Crippen molar-refractivity contribution in [3.8, 4) is 0 Å². The highest BCUT2D eigenvalue weighted by molar-refractivity contribution is 6.01. The topological polar surface area (TPSA) is 52.3 Å². The molecule has 0 radical (unpaired) electrons. The molecule has 3 nitrogen and oxygen atoms in total. The summed E-state index contributed by atoms with van der Waals surface area (Å²) in [6.07, 6.45) is 6.51. The number of hydrogen-bond acceptors (Lipinski definition) is 3. The van der Waals surface area contributed by atoms with Gasteiger partial charge in [0, 0.05) is 0 Å². The van der Waals surface area contributed by atoms with Crippen LogP contribution in [0.5, 0.6) is 0 Å². The molecule has 1 fully saturated rings. The van der Waals surface area contributed by atoms with E-state index >= 15 is 0 Å². The third-order valence-corrected chi connectivity index (χ3v) is 2.86. The van der Waals surface area contributed by atoms with E-state index in [1.54, 1.807) is 0 Å². The Hall–Kier alpha value is -0.830. The van der Waals surface area contributed by atoms with E-state index in [1.165, 1.54) is 0 Å². The highest BCUT2D eigenvalue weighted by atomic mass is 16.5. The van der Waals surface area contributed by atoms with Crippen LogP contribution in [0.3, 0.4) is 0 Å². The van der Waals surface area contributed by atoms with E-state index in [1.807, 2.05) is 6.08 Å². The van der Waals surface area contributed by atoms with Gasteiger partial charge in [-0.2, -0.15) is 0 Å². The molecule has 72 valence electrons. The van der Waals surface area contributed by atoms with Crippen LogP contribution in [0.25, 0.3) is 0 Å². The standard InChI is InChI=1S/C10H15NO2/c11-10(5-3-6-10)9(12)8-4-1-2-7-13-8/h4H,1-3,5-7,11H2. The van der Waals surface area contributed by atoms with Gasteiger partial charge in [-0.05, 0) is 38.2 Å². The molecule has 1 aliphatic carbocycles. The predicted molar refractivity (Wildman–Crippen MR) is 49.0 cm³/mol. The van der Waals surface area contributed by atoms with Crippen molar-refractivity contribution in [1.82, 2.24) is 0 Å². The quantitative estimate of drug-likeness (QED) is 0.694. The third kappa shape index (κ3) is 1.48. The fraction of sp³-hybridized carbons (Fsp3) is 0.700. The first-order valence-electron chi connectivity index (χ1n) is 4.89. The van der Waals surface area contributed by atoms with Gasteiger partial charge >= 0.3 is 0 Å². The van der Waals surface area contributed by atoms with Crippen molar-refractivity contribution in [2.45, 2.75) is 37.6 Å². The SMILES string of the molecule is NC1(C(=O)C2=CCCCO2)CCC1. The fourth-order valence-electron chi connectivity index (χ4n) is 1.75. The van der Waals surface area contributed by atoms with Gasteiger partial charge in [0.05, 0.1) is 12.1 Å². The molecule has 0 spiro atoms. The Morgan fingerprint density at radius 2 is 2.23 bits per heavy atom. The van der Waals surface area contributed by atoms with Gasteiger partial charge < -0.3 is 10.5 Å². The molecule has 0 unspecified atom stereocenters. The number of carbonyl (C=O) groups is 1. The second-order valence-corrected chi connectivity index (χ2v) is 3.90. The monoisotopic (exact) mass is 181 g/mol.